The number of halogens is 3. The Labute approximate surface area is 200 Å². The van der Waals surface area contributed by atoms with Crippen LogP contribution in [-0.4, -0.2) is 28.6 Å². The highest BCUT2D eigenvalue weighted by molar-refractivity contribution is 5.96. The lowest BCUT2D eigenvalue weighted by atomic mass is 10.1. The summed E-state index contributed by atoms with van der Waals surface area (Å²) in [6, 6.07) is 20.4. The van der Waals surface area contributed by atoms with Gasteiger partial charge in [-0.1, -0.05) is 36.4 Å². The number of benzene rings is 3. The summed E-state index contributed by atoms with van der Waals surface area (Å²) in [4.78, 5) is 19.1. The molecule has 0 radical (unpaired) electrons. The van der Waals surface area contributed by atoms with Crippen LogP contribution in [-0.2, 0) is 17.5 Å². The molecule has 1 fully saturated rings. The van der Waals surface area contributed by atoms with Crippen molar-refractivity contribution in [3.05, 3.63) is 89.7 Å². The number of fused-ring (bicyclic) bond motifs is 1. The zero-order valence-electron chi connectivity index (χ0n) is 19.1. The molecule has 1 aromatic heterocycles. The van der Waals surface area contributed by atoms with Crippen LogP contribution in [0.1, 0.15) is 29.3 Å². The molecule has 0 unspecified atom stereocenters. The van der Waals surface area contributed by atoms with E-state index in [0.29, 0.717) is 13.2 Å². The fourth-order valence-corrected chi connectivity index (χ4v) is 4.59. The van der Waals surface area contributed by atoms with Crippen molar-refractivity contribution in [2.24, 2.45) is 0 Å². The predicted octanol–water partition coefficient (Wildman–Crippen LogP) is 5.96. The number of carbonyl (C=O) groups excluding carboxylic acids is 1. The zero-order valence-corrected chi connectivity index (χ0v) is 19.1. The monoisotopic (exact) mass is 479 g/mol. The van der Waals surface area contributed by atoms with Crippen LogP contribution < -0.4 is 9.64 Å². The molecule has 3 aromatic carbocycles. The van der Waals surface area contributed by atoms with Crippen molar-refractivity contribution < 1.29 is 22.7 Å². The van der Waals surface area contributed by atoms with Gasteiger partial charge in [-0.15, -0.1) is 0 Å². The number of aryl methyl sites for hydroxylation is 1. The molecule has 0 bridgehead atoms. The Morgan fingerprint density at radius 2 is 1.80 bits per heavy atom. The number of hydrogen-bond donors (Lipinski definition) is 0. The summed E-state index contributed by atoms with van der Waals surface area (Å²) in [6.07, 6.45) is -4.29. The Bertz CT molecular complexity index is 1380. The van der Waals surface area contributed by atoms with Crippen molar-refractivity contribution in [1.29, 1.82) is 0 Å². The van der Waals surface area contributed by atoms with E-state index in [9.17, 15) is 18.0 Å². The minimum Gasteiger partial charge on any atom is -0.491 e. The molecule has 0 saturated carbocycles. The Morgan fingerprint density at radius 1 is 1.03 bits per heavy atom. The van der Waals surface area contributed by atoms with Gasteiger partial charge in [-0.2, -0.15) is 13.2 Å². The van der Waals surface area contributed by atoms with Gasteiger partial charge in [-0.25, -0.2) is 4.98 Å². The molecule has 1 aliphatic rings. The SMILES string of the molecule is Cc1ccccc1OCCn1c([C@@H]2CC(=O)N(c3cccc(C(F)(F)F)c3)C2)nc2ccccc21. The van der Waals surface area contributed by atoms with E-state index in [0.717, 1.165) is 40.3 Å². The van der Waals surface area contributed by atoms with Crippen LogP contribution in [0.3, 0.4) is 0 Å². The van der Waals surface area contributed by atoms with Crippen LogP contribution in [0, 0.1) is 6.92 Å². The maximum absolute atomic E-state index is 13.2. The van der Waals surface area contributed by atoms with Crippen LogP contribution in [0.4, 0.5) is 18.9 Å². The number of rotatable bonds is 6. The average Bonchev–Trinajstić information content (AvgIpc) is 3.40. The van der Waals surface area contributed by atoms with Gasteiger partial charge in [0.2, 0.25) is 5.91 Å². The van der Waals surface area contributed by atoms with Gasteiger partial charge in [-0.05, 0) is 48.9 Å². The molecule has 5 nitrogen and oxygen atoms in total. The fraction of sp³-hybridized carbons (Fsp3) is 0.259. The topological polar surface area (TPSA) is 47.4 Å². The number of carbonyl (C=O) groups is 1. The number of para-hydroxylation sites is 3. The summed E-state index contributed by atoms with van der Waals surface area (Å²) in [5, 5.41) is 0. The largest absolute Gasteiger partial charge is 0.491 e. The predicted molar refractivity (Wildman–Crippen MR) is 128 cm³/mol. The third-order valence-corrected chi connectivity index (χ3v) is 6.33. The number of imidazole rings is 1. The third-order valence-electron chi connectivity index (χ3n) is 6.33. The van der Waals surface area contributed by atoms with E-state index in [1.807, 2.05) is 55.5 Å². The molecule has 2 heterocycles. The molecule has 0 aliphatic carbocycles. The maximum atomic E-state index is 13.2. The van der Waals surface area contributed by atoms with E-state index in [-0.39, 0.29) is 30.5 Å². The van der Waals surface area contributed by atoms with Crippen LogP contribution in [0.15, 0.2) is 72.8 Å². The van der Waals surface area contributed by atoms with Gasteiger partial charge in [0.1, 0.15) is 18.2 Å². The Morgan fingerprint density at radius 3 is 2.60 bits per heavy atom. The molecule has 1 atom stereocenters. The van der Waals surface area contributed by atoms with Crippen LogP contribution in [0.5, 0.6) is 5.75 Å². The maximum Gasteiger partial charge on any atom is 0.416 e. The highest BCUT2D eigenvalue weighted by Gasteiger charge is 2.36. The number of ether oxygens (including phenoxy) is 1. The molecule has 4 aromatic rings. The smallest absolute Gasteiger partial charge is 0.416 e. The second-order valence-electron chi connectivity index (χ2n) is 8.68. The molecule has 35 heavy (non-hydrogen) atoms. The quantitative estimate of drug-likeness (QED) is 0.343. The minimum absolute atomic E-state index is 0.179. The highest BCUT2D eigenvalue weighted by Crippen LogP contribution is 2.36. The van der Waals surface area contributed by atoms with Gasteiger partial charge in [0.25, 0.3) is 0 Å². The molecular formula is C27H24F3N3O2. The highest BCUT2D eigenvalue weighted by atomic mass is 19.4. The first-order valence-corrected chi connectivity index (χ1v) is 11.4. The molecule has 0 spiro atoms. The van der Waals surface area contributed by atoms with Gasteiger partial charge in [0.15, 0.2) is 0 Å². The Balaban J connectivity index is 1.41. The molecule has 180 valence electrons. The number of nitrogens with zero attached hydrogens (tertiary/aromatic N) is 3. The molecule has 1 aliphatic heterocycles. The van der Waals surface area contributed by atoms with E-state index in [1.165, 1.54) is 17.0 Å². The summed E-state index contributed by atoms with van der Waals surface area (Å²) in [5.74, 6) is 1.08. The van der Waals surface area contributed by atoms with Crippen molar-refractivity contribution >= 4 is 22.6 Å². The molecule has 5 rings (SSSR count). The van der Waals surface area contributed by atoms with Gasteiger partial charge in [0.05, 0.1) is 23.1 Å². The number of hydrogen-bond acceptors (Lipinski definition) is 3. The first-order valence-electron chi connectivity index (χ1n) is 11.4. The standard InChI is InChI=1S/C27H24F3N3O2/c1-18-7-2-5-12-24(18)35-14-13-32-23-11-4-3-10-22(23)31-26(32)19-15-25(34)33(17-19)21-9-6-8-20(16-21)27(28,29)30/h2-12,16,19H,13-15,17H2,1H3/t19-/m1/s1. The first kappa shape index (κ1) is 23.0. The molecule has 1 amide bonds. The molecule has 0 N–H and O–H groups in total. The molecule has 8 heteroatoms. The number of anilines is 1. The van der Waals surface area contributed by atoms with Gasteiger partial charge >= 0.3 is 6.18 Å². The van der Waals surface area contributed by atoms with Crippen LogP contribution in [0.25, 0.3) is 11.0 Å². The van der Waals surface area contributed by atoms with E-state index >= 15 is 0 Å². The van der Waals surface area contributed by atoms with Gasteiger partial charge < -0.3 is 14.2 Å². The first-order chi connectivity index (χ1) is 16.8. The normalized spacial score (nSPS) is 16.3. The lowest BCUT2D eigenvalue weighted by molar-refractivity contribution is -0.137. The van der Waals surface area contributed by atoms with E-state index in [2.05, 4.69) is 4.57 Å². The molecular weight excluding hydrogens is 455 g/mol. The summed E-state index contributed by atoms with van der Waals surface area (Å²) in [7, 11) is 0. The summed E-state index contributed by atoms with van der Waals surface area (Å²) >= 11 is 0. The van der Waals surface area contributed by atoms with Crippen molar-refractivity contribution in [3.8, 4) is 5.75 Å². The fourth-order valence-electron chi connectivity index (χ4n) is 4.59. The summed E-state index contributed by atoms with van der Waals surface area (Å²) in [5.41, 5.74) is 2.26. The van der Waals surface area contributed by atoms with Gasteiger partial charge in [0, 0.05) is 24.6 Å². The van der Waals surface area contributed by atoms with Crippen molar-refractivity contribution in [2.45, 2.75) is 32.0 Å². The van der Waals surface area contributed by atoms with Crippen molar-refractivity contribution in [3.63, 3.8) is 0 Å². The summed E-state index contributed by atoms with van der Waals surface area (Å²) in [6.45, 7) is 3.19. The zero-order chi connectivity index (χ0) is 24.6. The van der Waals surface area contributed by atoms with E-state index in [4.69, 9.17) is 9.72 Å². The van der Waals surface area contributed by atoms with Crippen LogP contribution in [0.2, 0.25) is 0 Å². The van der Waals surface area contributed by atoms with E-state index in [1.54, 1.807) is 0 Å². The average molecular weight is 480 g/mol. The lowest BCUT2D eigenvalue weighted by Gasteiger charge is -2.19. The Kier molecular flexibility index (Phi) is 5.96. The second kappa shape index (κ2) is 9.09. The minimum atomic E-state index is -4.47. The number of aromatic nitrogens is 2. The number of amides is 1. The van der Waals surface area contributed by atoms with Crippen LogP contribution >= 0.6 is 0 Å². The third kappa shape index (κ3) is 4.60. The summed E-state index contributed by atoms with van der Waals surface area (Å²) < 4.78 is 47.7. The number of alkyl halides is 3. The lowest BCUT2D eigenvalue weighted by Crippen LogP contribution is -2.25. The van der Waals surface area contributed by atoms with Gasteiger partial charge in [-0.3, -0.25) is 4.79 Å². The van der Waals surface area contributed by atoms with Crippen molar-refractivity contribution in [2.75, 3.05) is 18.1 Å². The Hall–Kier alpha value is -3.81. The van der Waals surface area contributed by atoms with Crippen molar-refractivity contribution in [1.82, 2.24) is 9.55 Å². The second-order valence-corrected chi connectivity index (χ2v) is 8.68. The molecule has 1 saturated heterocycles. The van der Waals surface area contributed by atoms with E-state index < -0.39 is 11.7 Å².